The highest BCUT2D eigenvalue weighted by Crippen LogP contribution is 2.42. The molecule has 0 atom stereocenters. The molecule has 1 heterocycles. The van der Waals surface area contributed by atoms with Crippen LogP contribution in [0.1, 0.15) is 47.3 Å². The normalized spacial score (nSPS) is 14.7. The van der Waals surface area contributed by atoms with Gasteiger partial charge in [0, 0.05) is 5.92 Å². The highest BCUT2D eigenvalue weighted by atomic mass is 19.4. The van der Waals surface area contributed by atoms with Gasteiger partial charge in [0.15, 0.2) is 0 Å². The van der Waals surface area contributed by atoms with E-state index < -0.39 is 17.6 Å². The average molecular weight is 339 g/mol. The lowest BCUT2D eigenvalue weighted by molar-refractivity contribution is -0.137. The van der Waals surface area contributed by atoms with Gasteiger partial charge in [-0.1, -0.05) is 6.07 Å². The van der Waals surface area contributed by atoms with Crippen molar-refractivity contribution >= 4 is 5.91 Å². The third kappa shape index (κ3) is 3.28. The van der Waals surface area contributed by atoms with Crippen LogP contribution in [-0.4, -0.2) is 22.3 Å². The zero-order valence-electron chi connectivity index (χ0n) is 12.9. The number of hydroxylamine groups is 1. The second-order valence-electron chi connectivity index (χ2n) is 5.54. The fraction of sp³-hybridized carbons (Fsp3) is 0.375. The summed E-state index contributed by atoms with van der Waals surface area (Å²) in [5.41, 5.74) is 2.77. The first-order valence-electron chi connectivity index (χ1n) is 7.59. The van der Waals surface area contributed by atoms with Crippen LogP contribution in [0.5, 0.6) is 0 Å². The fourth-order valence-electron chi connectivity index (χ4n) is 2.49. The largest absolute Gasteiger partial charge is 0.416 e. The van der Waals surface area contributed by atoms with E-state index in [1.54, 1.807) is 13.0 Å². The van der Waals surface area contributed by atoms with Gasteiger partial charge in [-0.25, -0.2) is 10.2 Å². The number of hydrogen-bond donors (Lipinski definition) is 1. The number of carbonyl (C=O) groups excluding carboxylic acids is 1. The molecular weight excluding hydrogens is 323 g/mol. The molecule has 3 rings (SSSR count). The Morgan fingerprint density at radius 3 is 2.79 bits per heavy atom. The third-order valence-corrected chi connectivity index (χ3v) is 3.74. The van der Waals surface area contributed by atoms with Gasteiger partial charge in [0.2, 0.25) is 0 Å². The molecule has 0 radical (unpaired) electrons. The predicted octanol–water partition coefficient (Wildman–Crippen LogP) is 3.45. The highest BCUT2D eigenvalue weighted by Gasteiger charge is 2.34. The van der Waals surface area contributed by atoms with E-state index in [2.05, 4.69) is 10.6 Å². The number of nitrogens with one attached hydrogen (secondary N) is 1. The van der Waals surface area contributed by atoms with Crippen LogP contribution in [0.15, 0.2) is 30.5 Å². The first kappa shape index (κ1) is 16.5. The van der Waals surface area contributed by atoms with E-state index in [1.807, 2.05) is 0 Å². The number of rotatable bonds is 5. The summed E-state index contributed by atoms with van der Waals surface area (Å²) in [6.45, 7) is 2.04. The number of halogens is 3. The van der Waals surface area contributed by atoms with E-state index in [0.717, 1.165) is 25.0 Å². The molecule has 0 aliphatic heterocycles. The molecule has 1 saturated carbocycles. The summed E-state index contributed by atoms with van der Waals surface area (Å²) in [5.74, 6) is -0.332. The second-order valence-corrected chi connectivity index (χ2v) is 5.54. The Kier molecular flexibility index (Phi) is 4.31. The summed E-state index contributed by atoms with van der Waals surface area (Å²) in [5, 5.41) is 4.13. The Morgan fingerprint density at radius 1 is 1.42 bits per heavy atom. The lowest BCUT2D eigenvalue weighted by Crippen LogP contribution is -2.24. The zero-order chi connectivity index (χ0) is 17.3. The summed E-state index contributed by atoms with van der Waals surface area (Å²) in [4.78, 5) is 17.1. The molecule has 0 bridgehead atoms. The van der Waals surface area contributed by atoms with Crippen LogP contribution >= 0.6 is 0 Å². The van der Waals surface area contributed by atoms with Gasteiger partial charge in [-0.2, -0.15) is 18.3 Å². The standard InChI is InChI=1S/C16H16F3N3O2/c1-2-24-21-15(23)13-9-20-22(14(13)10-6-7-10)12-5-3-4-11(8-12)16(17,18)19/h3-5,8-10H,2,6-7H2,1H3,(H,21,23). The maximum atomic E-state index is 12.9. The highest BCUT2D eigenvalue weighted by molar-refractivity contribution is 5.94. The van der Waals surface area contributed by atoms with Gasteiger partial charge in [0.05, 0.1) is 35.3 Å². The minimum absolute atomic E-state index is 0.115. The van der Waals surface area contributed by atoms with Gasteiger partial charge in [-0.15, -0.1) is 0 Å². The summed E-state index contributed by atoms with van der Waals surface area (Å²) in [6.07, 6.45) is -1.32. The van der Waals surface area contributed by atoms with Gasteiger partial charge in [-0.05, 0) is 38.0 Å². The number of nitrogens with zero attached hydrogens (tertiary/aromatic N) is 2. The van der Waals surface area contributed by atoms with E-state index in [1.165, 1.54) is 16.9 Å². The van der Waals surface area contributed by atoms with E-state index in [9.17, 15) is 18.0 Å². The Hall–Kier alpha value is -2.35. The SMILES string of the molecule is CCONC(=O)c1cnn(-c2cccc(C(F)(F)F)c2)c1C1CC1. The number of alkyl halides is 3. The zero-order valence-corrected chi connectivity index (χ0v) is 12.9. The van der Waals surface area contributed by atoms with E-state index in [4.69, 9.17) is 4.84 Å². The molecule has 2 aromatic rings. The van der Waals surface area contributed by atoms with Crippen molar-refractivity contribution in [2.75, 3.05) is 6.61 Å². The molecule has 8 heteroatoms. The first-order chi connectivity index (χ1) is 11.4. The molecule has 1 aromatic heterocycles. The van der Waals surface area contributed by atoms with Crippen LogP contribution in [0, 0.1) is 0 Å². The van der Waals surface area contributed by atoms with Crippen LogP contribution in [0.2, 0.25) is 0 Å². The molecule has 1 aliphatic carbocycles. The summed E-state index contributed by atoms with van der Waals surface area (Å²) in [7, 11) is 0. The van der Waals surface area contributed by atoms with Crippen molar-refractivity contribution in [1.82, 2.24) is 15.3 Å². The van der Waals surface area contributed by atoms with E-state index >= 15 is 0 Å². The molecule has 5 nitrogen and oxygen atoms in total. The Labute approximate surface area is 136 Å². The maximum Gasteiger partial charge on any atom is 0.416 e. The molecular formula is C16H16F3N3O2. The molecule has 0 unspecified atom stereocenters. The number of amides is 1. The second kappa shape index (κ2) is 6.27. The molecule has 1 aliphatic rings. The van der Waals surface area contributed by atoms with Gasteiger partial charge < -0.3 is 0 Å². The van der Waals surface area contributed by atoms with Crippen molar-refractivity contribution in [3.63, 3.8) is 0 Å². The van der Waals surface area contributed by atoms with Crippen LogP contribution in [-0.2, 0) is 11.0 Å². The van der Waals surface area contributed by atoms with Crippen LogP contribution < -0.4 is 5.48 Å². The van der Waals surface area contributed by atoms with Crippen LogP contribution in [0.3, 0.4) is 0 Å². The molecule has 0 saturated heterocycles. The molecule has 1 aromatic carbocycles. The van der Waals surface area contributed by atoms with Crippen LogP contribution in [0.4, 0.5) is 13.2 Å². The number of aromatic nitrogens is 2. The predicted molar refractivity (Wildman–Crippen MR) is 79.6 cm³/mol. The molecule has 0 spiro atoms. The molecule has 1 fully saturated rings. The summed E-state index contributed by atoms with van der Waals surface area (Å²) in [6, 6.07) is 4.91. The van der Waals surface area contributed by atoms with Crippen molar-refractivity contribution < 1.29 is 22.8 Å². The lowest BCUT2D eigenvalue weighted by Gasteiger charge is -2.12. The molecule has 1 N–H and O–H groups in total. The Bertz CT molecular complexity index is 751. The van der Waals surface area contributed by atoms with E-state index in [0.29, 0.717) is 17.9 Å². The molecule has 1 amide bonds. The topological polar surface area (TPSA) is 56.1 Å². The van der Waals surface area contributed by atoms with Crippen molar-refractivity contribution in [2.45, 2.75) is 31.9 Å². The van der Waals surface area contributed by atoms with Gasteiger partial charge in [-0.3, -0.25) is 9.63 Å². The lowest BCUT2D eigenvalue weighted by atomic mass is 10.1. The fourth-order valence-corrected chi connectivity index (χ4v) is 2.49. The van der Waals surface area contributed by atoms with Crippen molar-refractivity contribution in [3.05, 3.63) is 47.3 Å². The van der Waals surface area contributed by atoms with Crippen molar-refractivity contribution in [3.8, 4) is 5.69 Å². The van der Waals surface area contributed by atoms with E-state index in [-0.39, 0.29) is 11.6 Å². The minimum atomic E-state index is -4.43. The van der Waals surface area contributed by atoms with Crippen molar-refractivity contribution in [2.24, 2.45) is 0 Å². The first-order valence-corrected chi connectivity index (χ1v) is 7.59. The Morgan fingerprint density at radius 2 is 2.17 bits per heavy atom. The summed E-state index contributed by atoms with van der Waals surface area (Å²) < 4.78 is 40.2. The van der Waals surface area contributed by atoms with Gasteiger partial charge in [0.25, 0.3) is 5.91 Å². The van der Waals surface area contributed by atoms with Gasteiger partial charge >= 0.3 is 6.18 Å². The molecule has 24 heavy (non-hydrogen) atoms. The number of carbonyl (C=O) groups is 1. The minimum Gasteiger partial charge on any atom is -0.274 e. The molecule has 128 valence electrons. The average Bonchev–Trinajstić information content (AvgIpc) is 3.30. The van der Waals surface area contributed by atoms with Crippen molar-refractivity contribution in [1.29, 1.82) is 0 Å². The smallest absolute Gasteiger partial charge is 0.274 e. The number of hydrogen-bond acceptors (Lipinski definition) is 3. The maximum absolute atomic E-state index is 12.9. The Balaban J connectivity index is 2.00. The quantitative estimate of drug-likeness (QED) is 0.849. The van der Waals surface area contributed by atoms with Crippen LogP contribution in [0.25, 0.3) is 5.69 Å². The van der Waals surface area contributed by atoms with Gasteiger partial charge in [0.1, 0.15) is 0 Å². The number of benzene rings is 1. The monoisotopic (exact) mass is 339 g/mol. The summed E-state index contributed by atoms with van der Waals surface area (Å²) >= 11 is 0. The third-order valence-electron chi connectivity index (χ3n) is 3.74.